The van der Waals surface area contributed by atoms with E-state index >= 15 is 0 Å². The fourth-order valence-corrected chi connectivity index (χ4v) is 6.41. The predicted octanol–water partition coefficient (Wildman–Crippen LogP) is 6.28. The van der Waals surface area contributed by atoms with Crippen LogP contribution >= 0.6 is 22.7 Å². The van der Waals surface area contributed by atoms with Gasteiger partial charge in [0.2, 0.25) is 5.88 Å². The number of nitrogens with two attached hydrogens (primary N) is 1. The van der Waals surface area contributed by atoms with Gasteiger partial charge in [-0.2, -0.15) is 13.2 Å². The maximum atomic E-state index is 13.9. The zero-order chi connectivity index (χ0) is 28.1. The molecule has 0 saturated heterocycles. The van der Waals surface area contributed by atoms with Crippen molar-refractivity contribution in [2.24, 2.45) is 0 Å². The Kier molecular flexibility index (Phi) is 6.60. The number of nitrogens with one attached hydrogen (secondary N) is 2. The molecule has 4 aromatic heterocycles. The zero-order valence-electron chi connectivity index (χ0n) is 20.1. The molecular weight excluding hydrogens is 575 g/mol. The van der Waals surface area contributed by atoms with E-state index in [-0.39, 0.29) is 42.9 Å². The fraction of sp³-hybridized carbons (Fsp3) is 0.125. The lowest BCUT2D eigenvalue weighted by atomic mass is 10.1. The number of anilines is 3. The highest BCUT2D eigenvalue weighted by atomic mass is 32.2. The van der Waals surface area contributed by atoms with Crippen molar-refractivity contribution in [3.63, 3.8) is 0 Å². The molecule has 5 rings (SSSR count). The number of hydrogen-bond acceptors (Lipinski definition) is 9. The lowest BCUT2D eigenvalue weighted by molar-refractivity contribution is -0.136. The number of hydrogen-bond donors (Lipinski definition) is 3. The second kappa shape index (κ2) is 9.66. The molecule has 15 heteroatoms. The Labute approximate surface area is 227 Å². The summed E-state index contributed by atoms with van der Waals surface area (Å²) in [5.74, 6) is -0.776. The molecular formula is C24H18F3N5O4S3. The normalized spacial score (nSPS) is 12.1. The van der Waals surface area contributed by atoms with Gasteiger partial charge in [-0.05, 0) is 55.6 Å². The minimum Gasteiger partial charge on any atom is -0.397 e. The van der Waals surface area contributed by atoms with Gasteiger partial charge < -0.3 is 15.6 Å². The van der Waals surface area contributed by atoms with Crippen LogP contribution in [0.25, 0.3) is 20.8 Å². The van der Waals surface area contributed by atoms with Gasteiger partial charge in [0, 0.05) is 16.6 Å². The van der Waals surface area contributed by atoms with Crippen LogP contribution in [0.15, 0.2) is 57.3 Å². The van der Waals surface area contributed by atoms with Crippen molar-refractivity contribution >= 4 is 66.1 Å². The Bertz CT molecular complexity index is 1810. The van der Waals surface area contributed by atoms with E-state index in [1.165, 1.54) is 35.6 Å². The zero-order valence-corrected chi connectivity index (χ0v) is 22.5. The summed E-state index contributed by atoms with van der Waals surface area (Å²) in [5.41, 5.74) is 6.11. The minimum absolute atomic E-state index is 0.0146. The molecule has 0 aliphatic heterocycles. The van der Waals surface area contributed by atoms with Crippen LogP contribution < -0.4 is 15.8 Å². The first kappa shape index (κ1) is 26.6. The van der Waals surface area contributed by atoms with E-state index in [1.807, 2.05) is 0 Å². The molecule has 9 nitrogen and oxygen atoms in total. The van der Waals surface area contributed by atoms with Gasteiger partial charge in [0.25, 0.3) is 15.9 Å². The number of alkyl halides is 3. The first-order valence-corrected chi connectivity index (χ1v) is 14.2. The number of halogens is 3. The van der Waals surface area contributed by atoms with Crippen LogP contribution in [0.5, 0.6) is 0 Å². The molecule has 5 aromatic rings. The standard InChI is InChI=1S/C24H18F3N5O4S3/c1-11-12(2)31-36-22(11)32-39(34,35)14-7-5-13(6-8-14)29-21(33)20-19(28)18-15(24(25,26)27)10-16(30-23(18)38-20)17-4-3-9-37-17/h3-10,32H,28H2,1-2H3,(H,29,33). The van der Waals surface area contributed by atoms with Gasteiger partial charge in [0.1, 0.15) is 9.71 Å². The lowest BCUT2D eigenvalue weighted by Gasteiger charge is -2.10. The van der Waals surface area contributed by atoms with Crippen molar-refractivity contribution in [3.05, 3.63) is 69.5 Å². The van der Waals surface area contributed by atoms with E-state index in [1.54, 1.807) is 31.4 Å². The molecule has 0 saturated carbocycles. The van der Waals surface area contributed by atoms with E-state index in [9.17, 15) is 26.4 Å². The molecule has 0 unspecified atom stereocenters. The number of benzene rings is 1. The minimum atomic E-state index is -4.73. The van der Waals surface area contributed by atoms with E-state index < -0.39 is 27.7 Å². The van der Waals surface area contributed by atoms with Crippen molar-refractivity contribution in [3.8, 4) is 10.6 Å². The van der Waals surface area contributed by atoms with Crippen molar-refractivity contribution in [1.82, 2.24) is 10.1 Å². The molecule has 39 heavy (non-hydrogen) atoms. The molecule has 0 aliphatic carbocycles. The summed E-state index contributed by atoms with van der Waals surface area (Å²) < 4.78 is 74.5. The quantitative estimate of drug-likeness (QED) is 0.210. The van der Waals surface area contributed by atoms with Crippen LogP contribution in [0.3, 0.4) is 0 Å². The third kappa shape index (κ3) is 5.07. The lowest BCUT2D eigenvalue weighted by Crippen LogP contribution is -2.14. The third-order valence-corrected chi connectivity index (χ3v) is 9.13. The van der Waals surface area contributed by atoms with Gasteiger partial charge in [-0.15, -0.1) is 22.7 Å². The molecule has 0 aliphatic rings. The van der Waals surface area contributed by atoms with Gasteiger partial charge in [0.05, 0.1) is 32.4 Å². The number of thiophene rings is 2. The maximum Gasteiger partial charge on any atom is 0.417 e. The number of rotatable bonds is 6. The van der Waals surface area contributed by atoms with Gasteiger partial charge in [-0.1, -0.05) is 11.2 Å². The number of carbonyl (C=O) groups is 1. The number of nitrogens with zero attached hydrogens (tertiary/aromatic N) is 2. The Morgan fingerprint density at radius 2 is 1.85 bits per heavy atom. The summed E-state index contributed by atoms with van der Waals surface area (Å²) in [4.78, 5) is 17.6. The Hall–Kier alpha value is -3.95. The highest BCUT2D eigenvalue weighted by molar-refractivity contribution is 7.92. The van der Waals surface area contributed by atoms with Crippen LogP contribution in [0.2, 0.25) is 0 Å². The topological polar surface area (TPSA) is 140 Å². The van der Waals surface area contributed by atoms with Crippen LogP contribution in [0.4, 0.5) is 30.4 Å². The first-order valence-electron chi connectivity index (χ1n) is 11.1. The molecule has 0 fully saturated rings. The van der Waals surface area contributed by atoms with Crippen molar-refractivity contribution in [1.29, 1.82) is 0 Å². The van der Waals surface area contributed by atoms with Gasteiger partial charge in [0.15, 0.2) is 0 Å². The largest absolute Gasteiger partial charge is 0.417 e. The number of aryl methyl sites for hydroxylation is 1. The average Bonchev–Trinajstić information content (AvgIpc) is 3.60. The number of nitrogen functional groups attached to an aromatic ring is 1. The Balaban J connectivity index is 1.42. The molecule has 1 amide bonds. The second-order valence-corrected chi connectivity index (χ2v) is 12.0. The fourth-order valence-electron chi connectivity index (χ4n) is 3.66. The average molecular weight is 594 g/mol. The van der Waals surface area contributed by atoms with Gasteiger partial charge >= 0.3 is 6.18 Å². The van der Waals surface area contributed by atoms with E-state index in [4.69, 9.17) is 10.3 Å². The molecule has 0 atom stereocenters. The molecule has 4 heterocycles. The van der Waals surface area contributed by atoms with Crippen molar-refractivity contribution < 1.29 is 30.9 Å². The predicted molar refractivity (Wildman–Crippen MR) is 144 cm³/mol. The summed E-state index contributed by atoms with van der Waals surface area (Å²) >= 11 is 1.98. The van der Waals surface area contributed by atoms with E-state index in [2.05, 4.69) is 20.2 Å². The summed E-state index contributed by atoms with van der Waals surface area (Å²) in [5, 5.41) is 7.62. The smallest absolute Gasteiger partial charge is 0.397 e. The summed E-state index contributed by atoms with van der Waals surface area (Å²) in [6, 6.07) is 9.45. The number of pyridine rings is 1. The number of fused-ring (bicyclic) bond motifs is 1. The number of sulfonamides is 1. The second-order valence-electron chi connectivity index (χ2n) is 8.36. The molecule has 1 aromatic carbocycles. The SMILES string of the molecule is Cc1noc(NS(=O)(=O)c2ccc(NC(=O)c3sc4nc(-c5cccs5)cc(C(F)(F)F)c4c3N)cc2)c1C. The molecule has 0 bridgehead atoms. The Morgan fingerprint density at radius 1 is 1.13 bits per heavy atom. The van der Waals surface area contributed by atoms with Crippen molar-refractivity contribution in [2.75, 3.05) is 15.8 Å². The monoisotopic (exact) mass is 593 g/mol. The van der Waals surface area contributed by atoms with Crippen LogP contribution in [-0.2, 0) is 16.2 Å². The Morgan fingerprint density at radius 3 is 2.44 bits per heavy atom. The van der Waals surface area contributed by atoms with E-state index in [0.717, 1.165) is 17.4 Å². The summed E-state index contributed by atoms with van der Waals surface area (Å²) in [6.45, 7) is 3.32. The van der Waals surface area contributed by atoms with Crippen LogP contribution in [-0.4, -0.2) is 24.5 Å². The molecule has 202 valence electrons. The number of aromatic nitrogens is 2. The molecule has 0 spiro atoms. The number of amides is 1. The highest BCUT2D eigenvalue weighted by Gasteiger charge is 2.36. The van der Waals surface area contributed by atoms with E-state index in [0.29, 0.717) is 16.1 Å². The summed E-state index contributed by atoms with van der Waals surface area (Å²) in [6.07, 6.45) is -4.73. The highest BCUT2D eigenvalue weighted by Crippen LogP contribution is 2.44. The third-order valence-electron chi connectivity index (χ3n) is 5.79. The van der Waals surface area contributed by atoms with Gasteiger partial charge in [-0.25, -0.2) is 18.1 Å². The maximum absolute atomic E-state index is 13.9. The van der Waals surface area contributed by atoms with Crippen molar-refractivity contribution in [2.45, 2.75) is 24.9 Å². The molecule has 0 radical (unpaired) electrons. The van der Waals surface area contributed by atoms with Crippen LogP contribution in [0, 0.1) is 13.8 Å². The number of carbonyl (C=O) groups excluding carboxylic acids is 1. The van der Waals surface area contributed by atoms with Crippen LogP contribution in [0.1, 0.15) is 26.5 Å². The molecule has 4 N–H and O–H groups in total. The first-order chi connectivity index (χ1) is 18.3. The summed E-state index contributed by atoms with van der Waals surface area (Å²) in [7, 11) is -4.01. The van der Waals surface area contributed by atoms with Gasteiger partial charge in [-0.3, -0.25) is 4.79 Å².